The number of amides is 1. The molecule has 3 heterocycles. The predicted octanol–water partition coefficient (Wildman–Crippen LogP) is -0.0362. The molecule has 0 unspecified atom stereocenters. The Balaban J connectivity index is 1.49. The van der Waals surface area contributed by atoms with Gasteiger partial charge in [0.05, 0.1) is 18.6 Å². The van der Waals surface area contributed by atoms with Crippen LogP contribution in [0.4, 0.5) is 0 Å². The van der Waals surface area contributed by atoms with Gasteiger partial charge in [0.1, 0.15) is 0 Å². The van der Waals surface area contributed by atoms with Crippen LogP contribution < -0.4 is 10.6 Å². The first-order chi connectivity index (χ1) is 9.22. The number of nitrogens with zero attached hydrogens (tertiary/aromatic N) is 1. The lowest BCUT2D eigenvalue weighted by molar-refractivity contribution is -0.126. The highest BCUT2D eigenvalue weighted by Gasteiger charge is 2.37. The maximum atomic E-state index is 12.2. The molecule has 4 atom stereocenters. The van der Waals surface area contributed by atoms with E-state index in [9.17, 15) is 4.79 Å². The van der Waals surface area contributed by atoms with Crippen LogP contribution in [0, 0.1) is 5.92 Å². The Morgan fingerprint density at radius 2 is 2.32 bits per heavy atom. The molecule has 3 rings (SSSR count). The van der Waals surface area contributed by atoms with E-state index in [1.807, 2.05) is 0 Å². The zero-order valence-electron chi connectivity index (χ0n) is 11.7. The van der Waals surface area contributed by atoms with Crippen molar-refractivity contribution in [2.45, 2.75) is 44.4 Å². The van der Waals surface area contributed by atoms with Gasteiger partial charge >= 0.3 is 0 Å². The number of carbonyl (C=O) groups is 1. The number of fused-ring (bicyclic) bond motifs is 1. The first-order valence-corrected chi connectivity index (χ1v) is 7.59. The largest absolute Gasteiger partial charge is 0.376 e. The molecule has 3 saturated heterocycles. The molecule has 0 saturated carbocycles. The molecule has 0 radical (unpaired) electrons. The third kappa shape index (κ3) is 3.09. The molecule has 5 heteroatoms. The monoisotopic (exact) mass is 267 g/mol. The van der Waals surface area contributed by atoms with Gasteiger partial charge in [-0.05, 0) is 32.7 Å². The maximum Gasteiger partial charge on any atom is 0.224 e. The van der Waals surface area contributed by atoms with Crippen LogP contribution in [-0.4, -0.2) is 61.8 Å². The van der Waals surface area contributed by atoms with Gasteiger partial charge in [-0.1, -0.05) is 0 Å². The van der Waals surface area contributed by atoms with Crippen LogP contribution in [0.1, 0.15) is 26.2 Å². The summed E-state index contributed by atoms with van der Waals surface area (Å²) in [6, 6.07) is 0.819. The number of hydrogen-bond donors (Lipinski definition) is 2. The molecule has 3 fully saturated rings. The zero-order valence-corrected chi connectivity index (χ0v) is 11.7. The first-order valence-electron chi connectivity index (χ1n) is 7.59. The van der Waals surface area contributed by atoms with Gasteiger partial charge in [0.2, 0.25) is 5.91 Å². The number of ether oxygens (including phenoxy) is 1. The second-order valence-electron chi connectivity index (χ2n) is 6.24. The molecule has 1 amide bonds. The molecule has 0 aromatic rings. The van der Waals surface area contributed by atoms with Crippen molar-refractivity contribution in [3.8, 4) is 0 Å². The number of hydrogen-bond acceptors (Lipinski definition) is 4. The molecule has 0 aliphatic carbocycles. The quantitative estimate of drug-likeness (QED) is 0.737. The molecule has 19 heavy (non-hydrogen) atoms. The maximum absolute atomic E-state index is 12.2. The van der Waals surface area contributed by atoms with E-state index >= 15 is 0 Å². The number of piperidine rings is 1. The van der Waals surface area contributed by atoms with E-state index in [0.29, 0.717) is 18.2 Å². The first kappa shape index (κ1) is 13.3. The molecule has 108 valence electrons. The summed E-state index contributed by atoms with van der Waals surface area (Å²) in [4.78, 5) is 14.7. The minimum absolute atomic E-state index is 0.168. The van der Waals surface area contributed by atoms with Gasteiger partial charge in [-0.2, -0.15) is 0 Å². The van der Waals surface area contributed by atoms with E-state index in [2.05, 4.69) is 22.5 Å². The molecular formula is C14H25N3O2. The zero-order chi connectivity index (χ0) is 13.2. The summed E-state index contributed by atoms with van der Waals surface area (Å²) >= 11 is 0. The van der Waals surface area contributed by atoms with Crippen LogP contribution in [0.5, 0.6) is 0 Å². The van der Waals surface area contributed by atoms with E-state index in [4.69, 9.17) is 4.74 Å². The second-order valence-corrected chi connectivity index (χ2v) is 6.24. The molecule has 3 aliphatic heterocycles. The van der Waals surface area contributed by atoms with Crippen molar-refractivity contribution in [1.29, 1.82) is 0 Å². The molecular weight excluding hydrogens is 242 g/mol. The van der Waals surface area contributed by atoms with Crippen LogP contribution >= 0.6 is 0 Å². The topological polar surface area (TPSA) is 53.6 Å². The van der Waals surface area contributed by atoms with Gasteiger partial charge in [-0.3, -0.25) is 9.69 Å². The number of morpholine rings is 1. The van der Waals surface area contributed by atoms with Crippen molar-refractivity contribution in [2.75, 3.05) is 32.8 Å². The summed E-state index contributed by atoms with van der Waals surface area (Å²) in [5.41, 5.74) is 0. The molecule has 0 aromatic carbocycles. The summed E-state index contributed by atoms with van der Waals surface area (Å²) in [7, 11) is 0. The summed E-state index contributed by atoms with van der Waals surface area (Å²) in [6.45, 7) is 6.82. The average Bonchev–Trinajstić information content (AvgIpc) is 2.81. The van der Waals surface area contributed by atoms with Crippen molar-refractivity contribution in [1.82, 2.24) is 15.5 Å². The van der Waals surface area contributed by atoms with Crippen LogP contribution in [0.15, 0.2) is 0 Å². The summed E-state index contributed by atoms with van der Waals surface area (Å²) in [5, 5.41) is 6.55. The molecule has 2 N–H and O–H groups in total. The average molecular weight is 267 g/mol. The lowest BCUT2D eigenvalue weighted by Gasteiger charge is -2.33. The Labute approximate surface area is 115 Å². The molecule has 0 spiro atoms. The molecule has 0 aromatic heterocycles. The van der Waals surface area contributed by atoms with Crippen molar-refractivity contribution >= 4 is 5.91 Å². The van der Waals surface area contributed by atoms with E-state index in [-0.39, 0.29) is 11.8 Å². The van der Waals surface area contributed by atoms with Gasteiger partial charge < -0.3 is 15.4 Å². The van der Waals surface area contributed by atoms with Gasteiger partial charge in [0, 0.05) is 31.7 Å². The van der Waals surface area contributed by atoms with Crippen LogP contribution in [0.3, 0.4) is 0 Å². The fraction of sp³-hybridized carbons (Fsp3) is 0.929. The molecule has 5 nitrogen and oxygen atoms in total. The number of carbonyl (C=O) groups excluding carboxylic acids is 1. The molecule has 0 bridgehead atoms. The van der Waals surface area contributed by atoms with E-state index in [1.165, 1.54) is 0 Å². The SMILES string of the molecule is C[C@@H]1CN2C[C@@H](NC(=O)[C@@H]3CCCNC3)C[C@H]2CO1. The Bertz CT molecular complexity index is 331. The Kier molecular flexibility index (Phi) is 4.05. The lowest BCUT2D eigenvalue weighted by Crippen LogP contribution is -2.46. The summed E-state index contributed by atoms with van der Waals surface area (Å²) in [5.74, 6) is 0.410. The second kappa shape index (κ2) is 5.77. The van der Waals surface area contributed by atoms with Gasteiger partial charge in [0.25, 0.3) is 0 Å². The summed E-state index contributed by atoms with van der Waals surface area (Å²) in [6.07, 6.45) is 3.51. The van der Waals surface area contributed by atoms with Gasteiger partial charge in [-0.15, -0.1) is 0 Å². The Hall–Kier alpha value is -0.650. The Morgan fingerprint density at radius 1 is 1.42 bits per heavy atom. The smallest absolute Gasteiger partial charge is 0.224 e. The highest BCUT2D eigenvalue weighted by molar-refractivity contribution is 5.79. The predicted molar refractivity (Wildman–Crippen MR) is 72.9 cm³/mol. The van der Waals surface area contributed by atoms with E-state index in [0.717, 1.165) is 52.0 Å². The van der Waals surface area contributed by atoms with Gasteiger partial charge in [-0.25, -0.2) is 0 Å². The van der Waals surface area contributed by atoms with Crippen molar-refractivity contribution in [3.05, 3.63) is 0 Å². The van der Waals surface area contributed by atoms with Crippen LogP contribution in [0.25, 0.3) is 0 Å². The summed E-state index contributed by atoms with van der Waals surface area (Å²) < 4.78 is 5.70. The Morgan fingerprint density at radius 3 is 3.11 bits per heavy atom. The van der Waals surface area contributed by atoms with Crippen molar-refractivity contribution < 1.29 is 9.53 Å². The minimum atomic E-state index is 0.168. The lowest BCUT2D eigenvalue weighted by atomic mass is 9.98. The highest BCUT2D eigenvalue weighted by atomic mass is 16.5. The highest BCUT2D eigenvalue weighted by Crippen LogP contribution is 2.23. The number of rotatable bonds is 2. The van der Waals surface area contributed by atoms with E-state index in [1.54, 1.807) is 0 Å². The van der Waals surface area contributed by atoms with Gasteiger partial charge in [0.15, 0.2) is 0 Å². The minimum Gasteiger partial charge on any atom is -0.376 e. The normalized spacial score (nSPS) is 39.8. The third-order valence-corrected chi connectivity index (χ3v) is 4.61. The number of nitrogens with one attached hydrogen (secondary N) is 2. The standard InChI is InChI=1S/C14H25N3O2/c1-10-7-17-8-12(5-13(17)9-19-10)16-14(18)11-3-2-4-15-6-11/h10-13,15H,2-9H2,1H3,(H,16,18)/t10-,11-,12+,13+/m1/s1. The van der Waals surface area contributed by atoms with Crippen molar-refractivity contribution in [2.24, 2.45) is 5.92 Å². The van der Waals surface area contributed by atoms with Crippen LogP contribution in [-0.2, 0) is 9.53 Å². The fourth-order valence-electron chi connectivity index (χ4n) is 3.54. The molecule has 3 aliphatic rings. The van der Waals surface area contributed by atoms with E-state index < -0.39 is 0 Å². The van der Waals surface area contributed by atoms with Crippen LogP contribution in [0.2, 0.25) is 0 Å². The van der Waals surface area contributed by atoms with Crippen molar-refractivity contribution in [3.63, 3.8) is 0 Å². The third-order valence-electron chi connectivity index (χ3n) is 4.61. The fourth-order valence-corrected chi connectivity index (χ4v) is 3.54.